The Morgan fingerprint density at radius 1 is 1.47 bits per heavy atom. The van der Waals surface area contributed by atoms with Gasteiger partial charge in [0.15, 0.2) is 0 Å². The molecule has 3 nitrogen and oxygen atoms in total. The van der Waals surface area contributed by atoms with Crippen LogP contribution in [0.25, 0.3) is 0 Å². The second-order valence-electron chi connectivity index (χ2n) is 5.57. The summed E-state index contributed by atoms with van der Waals surface area (Å²) in [6.45, 7) is 9.99. The van der Waals surface area contributed by atoms with Gasteiger partial charge in [-0.2, -0.15) is 0 Å². The standard InChI is InChI=1S/C13H28N2OS/c1-5-13-9-14-12(8-11(2)3)10-15(13)6-7-17(4)16/h11-14H,5-10H2,1-4H3. The molecule has 0 aromatic rings. The maximum atomic E-state index is 11.2. The highest BCUT2D eigenvalue weighted by Gasteiger charge is 2.26. The number of hydrogen-bond acceptors (Lipinski definition) is 3. The van der Waals surface area contributed by atoms with Crippen LogP contribution in [0.15, 0.2) is 0 Å². The first-order valence-corrected chi connectivity index (χ1v) is 8.53. The maximum absolute atomic E-state index is 11.2. The summed E-state index contributed by atoms with van der Waals surface area (Å²) in [5, 5.41) is 3.65. The summed E-state index contributed by atoms with van der Waals surface area (Å²) >= 11 is 0. The fourth-order valence-corrected chi connectivity index (χ4v) is 3.07. The lowest BCUT2D eigenvalue weighted by Crippen LogP contribution is -2.57. The number of nitrogens with zero attached hydrogens (tertiary/aromatic N) is 1. The minimum atomic E-state index is -0.668. The first kappa shape index (κ1) is 15.1. The van der Waals surface area contributed by atoms with Gasteiger partial charge in [0.1, 0.15) is 0 Å². The molecule has 1 saturated heterocycles. The van der Waals surface area contributed by atoms with E-state index in [0.29, 0.717) is 12.1 Å². The molecule has 0 aromatic heterocycles. The molecule has 0 aliphatic carbocycles. The molecule has 3 unspecified atom stereocenters. The first-order chi connectivity index (χ1) is 8.02. The third-order valence-electron chi connectivity index (χ3n) is 3.51. The molecule has 1 aliphatic heterocycles. The summed E-state index contributed by atoms with van der Waals surface area (Å²) in [7, 11) is -0.668. The van der Waals surface area contributed by atoms with Crippen LogP contribution in [0.1, 0.15) is 33.6 Å². The van der Waals surface area contributed by atoms with Crippen molar-refractivity contribution in [2.75, 3.05) is 31.6 Å². The van der Waals surface area contributed by atoms with Gasteiger partial charge in [-0.15, -0.1) is 0 Å². The first-order valence-electron chi connectivity index (χ1n) is 6.80. The number of piperazine rings is 1. The summed E-state index contributed by atoms with van der Waals surface area (Å²) in [4.78, 5) is 2.53. The van der Waals surface area contributed by atoms with E-state index in [1.807, 2.05) is 0 Å². The van der Waals surface area contributed by atoms with Crippen molar-refractivity contribution in [2.24, 2.45) is 5.92 Å². The van der Waals surface area contributed by atoms with E-state index in [2.05, 4.69) is 31.0 Å². The minimum absolute atomic E-state index is 0.614. The highest BCUT2D eigenvalue weighted by molar-refractivity contribution is 7.84. The van der Waals surface area contributed by atoms with Crippen LogP contribution in [0.4, 0.5) is 0 Å². The molecular weight excluding hydrogens is 232 g/mol. The Balaban J connectivity index is 2.46. The molecule has 1 heterocycles. The quantitative estimate of drug-likeness (QED) is 0.785. The zero-order valence-corrected chi connectivity index (χ0v) is 12.6. The van der Waals surface area contributed by atoms with Gasteiger partial charge in [0.05, 0.1) is 0 Å². The van der Waals surface area contributed by atoms with Gasteiger partial charge >= 0.3 is 0 Å². The average Bonchev–Trinajstić information content (AvgIpc) is 2.25. The van der Waals surface area contributed by atoms with Crippen LogP contribution in [0.5, 0.6) is 0 Å². The summed E-state index contributed by atoms with van der Waals surface area (Å²) in [6.07, 6.45) is 4.22. The van der Waals surface area contributed by atoms with Crippen LogP contribution in [-0.4, -0.2) is 52.8 Å². The lowest BCUT2D eigenvalue weighted by molar-refractivity contribution is 0.126. The third kappa shape index (κ3) is 5.49. The van der Waals surface area contributed by atoms with Gasteiger partial charge in [-0.25, -0.2) is 0 Å². The molecule has 0 radical (unpaired) electrons. The van der Waals surface area contributed by atoms with Gasteiger partial charge in [-0.05, 0) is 18.8 Å². The van der Waals surface area contributed by atoms with Crippen LogP contribution in [0.3, 0.4) is 0 Å². The Morgan fingerprint density at radius 2 is 2.18 bits per heavy atom. The Hall–Kier alpha value is 0.0700. The molecule has 0 amide bonds. The van der Waals surface area contributed by atoms with Crippen molar-refractivity contribution in [3.63, 3.8) is 0 Å². The van der Waals surface area contributed by atoms with Gasteiger partial charge in [0, 0.05) is 54.5 Å². The van der Waals surface area contributed by atoms with Gasteiger partial charge in [0.2, 0.25) is 0 Å². The summed E-state index contributed by atoms with van der Waals surface area (Å²) in [5.41, 5.74) is 0. The molecule has 102 valence electrons. The predicted molar refractivity (Wildman–Crippen MR) is 75.8 cm³/mol. The molecular formula is C13H28N2OS. The van der Waals surface area contributed by atoms with Gasteiger partial charge in [-0.1, -0.05) is 20.8 Å². The Kier molecular flexibility index (Phi) is 6.67. The molecule has 0 spiro atoms. The second-order valence-corrected chi connectivity index (χ2v) is 7.12. The van der Waals surface area contributed by atoms with Gasteiger partial charge in [0.25, 0.3) is 0 Å². The molecule has 0 aromatic carbocycles. The van der Waals surface area contributed by atoms with Crippen LogP contribution >= 0.6 is 0 Å². The lowest BCUT2D eigenvalue weighted by Gasteiger charge is -2.40. The maximum Gasteiger partial charge on any atom is 0.0359 e. The highest BCUT2D eigenvalue weighted by atomic mass is 32.2. The zero-order valence-electron chi connectivity index (χ0n) is 11.7. The molecule has 1 fully saturated rings. The van der Waals surface area contributed by atoms with Crippen molar-refractivity contribution in [1.29, 1.82) is 0 Å². The largest absolute Gasteiger partial charge is 0.311 e. The molecule has 1 aliphatic rings. The zero-order chi connectivity index (χ0) is 12.8. The van der Waals surface area contributed by atoms with E-state index in [1.54, 1.807) is 6.26 Å². The summed E-state index contributed by atoms with van der Waals surface area (Å²) in [6, 6.07) is 1.24. The topological polar surface area (TPSA) is 32.3 Å². The molecule has 0 bridgehead atoms. The van der Waals surface area contributed by atoms with Crippen molar-refractivity contribution in [2.45, 2.75) is 45.7 Å². The van der Waals surface area contributed by atoms with E-state index in [9.17, 15) is 4.21 Å². The average molecular weight is 260 g/mol. The monoisotopic (exact) mass is 260 g/mol. The van der Waals surface area contributed by atoms with Crippen molar-refractivity contribution in [3.8, 4) is 0 Å². The van der Waals surface area contributed by atoms with E-state index in [-0.39, 0.29) is 0 Å². The van der Waals surface area contributed by atoms with Crippen molar-refractivity contribution < 1.29 is 4.21 Å². The van der Waals surface area contributed by atoms with Crippen LogP contribution in [0, 0.1) is 5.92 Å². The van der Waals surface area contributed by atoms with Gasteiger partial charge < -0.3 is 5.32 Å². The number of nitrogens with one attached hydrogen (secondary N) is 1. The van der Waals surface area contributed by atoms with E-state index in [1.165, 1.54) is 12.8 Å². The fourth-order valence-electron chi connectivity index (χ4n) is 2.58. The predicted octanol–water partition coefficient (Wildman–Crippen LogP) is 1.46. The molecule has 3 atom stereocenters. The van der Waals surface area contributed by atoms with E-state index in [0.717, 1.165) is 31.3 Å². The molecule has 4 heteroatoms. The highest BCUT2D eigenvalue weighted by Crippen LogP contribution is 2.14. The Labute approximate surface area is 109 Å². The van der Waals surface area contributed by atoms with Crippen LogP contribution in [-0.2, 0) is 10.8 Å². The minimum Gasteiger partial charge on any atom is -0.311 e. The van der Waals surface area contributed by atoms with Gasteiger partial charge in [-0.3, -0.25) is 9.11 Å². The summed E-state index contributed by atoms with van der Waals surface area (Å²) < 4.78 is 11.2. The van der Waals surface area contributed by atoms with E-state index >= 15 is 0 Å². The Bertz CT molecular complexity index is 246. The molecule has 1 N–H and O–H groups in total. The lowest BCUT2D eigenvalue weighted by atomic mass is 9.99. The second kappa shape index (κ2) is 7.49. The Morgan fingerprint density at radius 3 is 2.71 bits per heavy atom. The summed E-state index contributed by atoms with van der Waals surface area (Å²) in [5.74, 6) is 1.55. The van der Waals surface area contributed by atoms with E-state index in [4.69, 9.17) is 0 Å². The van der Waals surface area contributed by atoms with Crippen LogP contribution < -0.4 is 5.32 Å². The molecule has 0 saturated carbocycles. The number of hydrogen-bond donors (Lipinski definition) is 1. The third-order valence-corrected chi connectivity index (χ3v) is 4.26. The van der Waals surface area contributed by atoms with Crippen molar-refractivity contribution in [3.05, 3.63) is 0 Å². The molecule has 17 heavy (non-hydrogen) atoms. The normalized spacial score (nSPS) is 28.5. The number of rotatable bonds is 6. The van der Waals surface area contributed by atoms with Crippen molar-refractivity contribution in [1.82, 2.24) is 10.2 Å². The van der Waals surface area contributed by atoms with Crippen LogP contribution in [0.2, 0.25) is 0 Å². The van der Waals surface area contributed by atoms with Crippen molar-refractivity contribution >= 4 is 10.8 Å². The smallest absolute Gasteiger partial charge is 0.0359 e. The SMILES string of the molecule is CCC1CNC(CC(C)C)CN1CCS(C)=O. The fraction of sp³-hybridized carbons (Fsp3) is 1.00. The van der Waals surface area contributed by atoms with E-state index < -0.39 is 10.8 Å². The molecule has 1 rings (SSSR count).